The molecule has 0 aromatic heterocycles. The van der Waals surface area contributed by atoms with Gasteiger partial charge in [0.15, 0.2) is 0 Å². The largest absolute Gasteiger partial charge is 0.508 e. The standard InChI is InChI=1S/C14H19NO3/c16-12-5-3-4-11(10-12)6-9-15-13(17)14(18)7-1-2-8-14/h3-5,10,16,18H,1-2,6-9H2,(H,15,17). The molecule has 2 rings (SSSR count). The lowest BCUT2D eigenvalue weighted by atomic mass is 10.0. The maximum atomic E-state index is 11.8. The van der Waals surface area contributed by atoms with Crippen molar-refractivity contribution in [2.24, 2.45) is 0 Å². The number of benzene rings is 1. The predicted molar refractivity (Wildman–Crippen MR) is 68.2 cm³/mol. The van der Waals surface area contributed by atoms with Crippen molar-refractivity contribution in [1.82, 2.24) is 5.32 Å². The van der Waals surface area contributed by atoms with Gasteiger partial charge in [-0.15, -0.1) is 0 Å². The molecule has 18 heavy (non-hydrogen) atoms. The van der Waals surface area contributed by atoms with Gasteiger partial charge in [-0.05, 0) is 49.8 Å². The third-order valence-electron chi connectivity index (χ3n) is 3.46. The van der Waals surface area contributed by atoms with Gasteiger partial charge in [-0.25, -0.2) is 0 Å². The molecule has 0 spiro atoms. The van der Waals surface area contributed by atoms with Crippen LogP contribution in [0.1, 0.15) is 31.2 Å². The molecule has 1 aromatic carbocycles. The molecule has 3 N–H and O–H groups in total. The first-order valence-electron chi connectivity index (χ1n) is 6.39. The van der Waals surface area contributed by atoms with Crippen LogP contribution in [0.3, 0.4) is 0 Å². The van der Waals surface area contributed by atoms with Crippen molar-refractivity contribution in [3.05, 3.63) is 29.8 Å². The Morgan fingerprint density at radius 3 is 2.72 bits per heavy atom. The number of nitrogens with one attached hydrogen (secondary N) is 1. The van der Waals surface area contributed by atoms with Crippen molar-refractivity contribution in [2.45, 2.75) is 37.7 Å². The van der Waals surface area contributed by atoms with Crippen LogP contribution >= 0.6 is 0 Å². The van der Waals surface area contributed by atoms with Crippen LogP contribution in [0.4, 0.5) is 0 Å². The normalized spacial score (nSPS) is 17.6. The van der Waals surface area contributed by atoms with Crippen molar-refractivity contribution >= 4 is 5.91 Å². The fourth-order valence-corrected chi connectivity index (χ4v) is 2.38. The monoisotopic (exact) mass is 249 g/mol. The van der Waals surface area contributed by atoms with Crippen molar-refractivity contribution in [3.63, 3.8) is 0 Å². The summed E-state index contributed by atoms with van der Waals surface area (Å²) in [5, 5.41) is 22.1. The second-order valence-corrected chi connectivity index (χ2v) is 4.91. The molecule has 0 atom stereocenters. The first kappa shape index (κ1) is 12.9. The SMILES string of the molecule is O=C(NCCc1cccc(O)c1)C1(O)CCCC1. The van der Waals surface area contributed by atoms with Gasteiger partial charge >= 0.3 is 0 Å². The van der Waals surface area contributed by atoms with E-state index in [4.69, 9.17) is 0 Å². The number of rotatable bonds is 4. The molecule has 1 aliphatic rings. The second-order valence-electron chi connectivity index (χ2n) is 4.91. The summed E-state index contributed by atoms with van der Waals surface area (Å²) in [5.41, 5.74) is -0.188. The van der Waals surface area contributed by atoms with E-state index in [2.05, 4.69) is 5.32 Å². The number of aromatic hydroxyl groups is 1. The van der Waals surface area contributed by atoms with E-state index in [0.29, 0.717) is 25.8 Å². The van der Waals surface area contributed by atoms with Crippen LogP contribution in [-0.2, 0) is 11.2 Å². The molecule has 1 aromatic rings. The van der Waals surface area contributed by atoms with E-state index in [-0.39, 0.29) is 11.7 Å². The molecule has 0 aliphatic heterocycles. The minimum absolute atomic E-state index is 0.230. The number of carbonyl (C=O) groups excluding carboxylic acids is 1. The van der Waals surface area contributed by atoms with Gasteiger partial charge in [0.2, 0.25) is 0 Å². The molecule has 0 saturated heterocycles. The number of hydrogen-bond acceptors (Lipinski definition) is 3. The second kappa shape index (κ2) is 5.40. The Hall–Kier alpha value is -1.55. The van der Waals surface area contributed by atoms with Crippen LogP contribution < -0.4 is 5.32 Å². The Morgan fingerprint density at radius 2 is 2.06 bits per heavy atom. The summed E-state index contributed by atoms with van der Waals surface area (Å²) in [5.74, 6) is -0.0339. The van der Waals surface area contributed by atoms with Crippen LogP contribution in [0.5, 0.6) is 5.75 Å². The summed E-state index contributed by atoms with van der Waals surface area (Å²) in [4.78, 5) is 11.8. The van der Waals surface area contributed by atoms with Gasteiger partial charge in [0.1, 0.15) is 11.4 Å². The lowest BCUT2D eigenvalue weighted by Gasteiger charge is -2.20. The van der Waals surface area contributed by atoms with Crippen molar-refractivity contribution in [2.75, 3.05) is 6.54 Å². The van der Waals surface area contributed by atoms with Crippen LogP contribution in [-0.4, -0.2) is 28.3 Å². The zero-order valence-corrected chi connectivity index (χ0v) is 10.4. The van der Waals surface area contributed by atoms with E-state index in [1.54, 1.807) is 18.2 Å². The summed E-state index contributed by atoms with van der Waals surface area (Å²) >= 11 is 0. The van der Waals surface area contributed by atoms with E-state index in [9.17, 15) is 15.0 Å². The molecule has 0 heterocycles. The smallest absolute Gasteiger partial charge is 0.251 e. The summed E-state index contributed by atoms with van der Waals surface area (Å²) in [7, 11) is 0. The zero-order chi connectivity index (χ0) is 13.0. The van der Waals surface area contributed by atoms with Gasteiger partial charge in [-0.1, -0.05) is 12.1 Å². The molecule has 0 bridgehead atoms. The Morgan fingerprint density at radius 1 is 1.33 bits per heavy atom. The average molecular weight is 249 g/mol. The van der Waals surface area contributed by atoms with E-state index in [1.165, 1.54) is 0 Å². The summed E-state index contributed by atoms with van der Waals surface area (Å²) in [6.45, 7) is 0.477. The highest BCUT2D eigenvalue weighted by atomic mass is 16.3. The fourth-order valence-electron chi connectivity index (χ4n) is 2.38. The van der Waals surface area contributed by atoms with E-state index < -0.39 is 5.60 Å². The van der Waals surface area contributed by atoms with Crippen LogP contribution in [0.25, 0.3) is 0 Å². The van der Waals surface area contributed by atoms with Crippen LogP contribution in [0.2, 0.25) is 0 Å². The average Bonchev–Trinajstić information content (AvgIpc) is 2.77. The van der Waals surface area contributed by atoms with Crippen molar-refractivity contribution < 1.29 is 15.0 Å². The van der Waals surface area contributed by atoms with Gasteiger partial charge in [0.25, 0.3) is 5.91 Å². The molecule has 1 saturated carbocycles. The summed E-state index contributed by atoms with van der Waals surface area (Å²) < 4.78 is 0. The molecule has 0 radical (unpaired) electrons. The Kier molecular flexibility index (Phi) is 3.87. The Balaban J connectivity index is 1.80. The molecular weight excluding hydrogens is 230 g/mol. The molecule has 1 amide bonds. The third-order valence-corrected chi connectivity index (χ3v) is 3.46. The minimum atomic E-state index is -1.15. The van der Waals surface area contributed by atoms with E-state index in [0.717, 1.165) is 18.4 Å². The first-order chi connectivity index (χ1) is 8.60. The van der Waals surface area contributed by atoms with Crippen LogP contribution in [0, 0.1) is 0 Å². The molecule has 98 valence electrons. The number of aliphatic hydroxyl groups is 1. The summed E-state index contributed by atoms with van der Waals surface area (Å²) in [6, 6.07) is 6.97. The van der Waals surface area contributed by atoms with Crippen LogP contribution in [0.15, 0.2) is 24.3 Å². The lowest BCUT2D eigenvalue weighted by molar-refractivity contribution is -0.139. The minimum Gasteiger partial charge on any atom is -0.508 e. The molecular formula is C14H19NO3. The first-order valence-corrected chi connectivity index (χ1v) is 6.39. The number of hydrogen-bond donors (Lipinski definition) is 3. The highest BCUT2D eigenvalue weighted by molar-refractivity contribution is 5.85. The van der Waals surface area contributed by atoms with Gasteiger partial charge in [-0.2, -0.15) is 0 Å². The van der Waals surface area contributed by atoms with Crippen molar-refractivity contribution in [1.29, 1.82) is 0 Å². The maximum absolute atomic E-state index is 11.8. The predicted octanol–water partition coefficient (Wildman–Crippen LogP) is 1.36. The van der Waals surface area contributed by atoms with E-state index >= 15 is 0 Å². The molecule has 4 nitrogen and oxygen atoms in total. The topological polar surface area (TPSA) is 69.6 Å². The lowest BCUT2D eigenvalue weighted by Crippen LogP contribution is -2.45. The molecule has 1 fully saturated rings. The Labute approximate surface area is 107 Å². The maximum Gasteiger partial charge on any atom is 0.251 e. The number of phenols is 1. The molecule has 0 unspecified atom stereocenters. The van der Waals surface area contributed by atoms with Gasteiger partial charge in [0.05, 0.1) is 0 Å². The van der Waals surface area contributed by atoms with Gasteiger partial charge in [-0.3, -0.25) is 4.79 Å². The zero-order valence-electron chi connectivity index (χ0n) is 10.4. The van der Waals surface area contributed by atoms with Gasteiger partial charge < -0.3 is 15.5 Å². The quantitative estimate of drug-likeness (QED) is 0.754. The fraction of sp³-hybridized carbons (Fsp3) is 0.500. The highest BCUT2D eigenvalue weighted by Crippen LogP contribution is 2.29. The molecule has 4 heteroatoms. The molecule has 1 aliphatic carbocycles. The number of amides is 1. The van der Waals surface area contributed by atoms with Gasteiger partial charge in [0, 0.05) is 6.54 Å². The number of phenolic OH excluding ortho intramolecular Hbond substituents is 1. The Bertz CT molecular complexity index is 425. The number of carbonyl (C=O) groups is 1. The third kappa shape index (κ3) is 3.01. The summed E-state index contributed by atoms with van der Waals surface area (Å²) in [6.07, 6.45) is 3.60. The van der Waals surface area contributed by atoms with Crippen molar-refractivity contribution in [3.8, 4) is 5.75 Å². The van der Waals surface area contributed by atoms with E-state index in [1.807, 2.05) is 6.07 Å². The highest BCUT2D eigenvalue weighted by Gasteiger charge is 2.38.